The van der Waals surface area contributed by atoms with Gasteiger partial charge >= 0.3 is 5.82 Å². The van der Waals surface area contributed by atoms with Crippen molar-refractivity contribution in [2.75, 3.05) is 26.3 Å². The van der Waals surface area contributed by atoms with Crippen molar-refractivity contribution in [3.05, 3.63) is 22.6 Å². The van der Waals surface area contributed by atoms with E-state index in [0.717, 1.165) is 0 Å². The molecule has 1 fully saturated rings. The summed E-state index contributed by atoms with van der Waals surface area (Å²) in [6, 6.07) is 0. The summed E-state index contributed by atoms with van der Waals surface area (Å²) in [5, 5.41) is 10.4. The number of nitrogens with zero attached hydrogens (tertiary/aromatic N) is 4. The Labute approximate surface area is 103 Å². The van der Waals surface area contributed by atoms with Gasteiger partial charge in [0.1, 0.15) is 6.20 Å². The molecule has 8 heteroatoms. The Morgan fingerprint density at radius 3 is 2.83 bits per heavy atom. The van der Waals surface area contributed by atoms with Gasteiger partial charge in [-0.1, -0.05) is 0 Å². The highest BCUT2D eigenvalue weighted by molar-refractivity contribution is 5.76. The van der Waals surface area contributed by atoms with Gasteiger partial charge in [-0.25, -0.2) is 0 Å². The highest BCUT2D eigenvalue weighted by Gasteiger charge is 2.17. The van der Waals surface area contributed by atoms with Crippen molar-refractivity contribution in [3.8, 4) is 0 Å². The van der Waals surface area contributed by atoms with Crippen LogP contribution in [0.2, 0.25) is 0 Å². The zero-order chi connectivity index (χ0) is 13.0. The zero-order valence-electron chi connectivity index (χ0n) is 9.82. The van der Waals surface area contributed by atoms with Gasteiger partial charge in [-0.05, 0) is 9.91 Å². The molecule has 0 bridgehead atoms. The molecular formula is C10H14N4O4. The van der Waals surface area contributed by atoms with Gasteiger partial charge in [0.2, 0.25) is 12.2 Å². The molecule has 0 spiro atoms. The maximum Gasteiger partial charge on any atom is 0.381 e. The Morgan fingerprint density at radius 1 is 1.50 bits per heavy atom. The molecule has 0 N–H and O–H groups in total. The monoisotopic (exact) mass is 254 g/mol. The second-order valence-corrected chi connectivity index (χ2v) is 3.97. The first kappa shape index (κ1) is 12.5. The molecule has 2 heterocycles. The molecule has 1 amide bonds. The Bertz CT molecular complexity index is 439. The topological polar surface area (TPSA) is 90.5 Å². The Kier molecular flexibility index (Phi) is 3.88. The van der Waals surface area contributed by atoms with Gasteiger partial charge in [0.05, 0.1) is 13.2 Å². The summed E-state index contributed by atoms with van der Waals surface area (Å²) in [4.78, 5) is 27.1. The van der Waals surface area contributed by atoms with Crippen LogP contribution in [0.25, 0.3) is 0 Å². The van der Waals surface area contributed by atoms with Gasteiger partial charge in [-0.3, -0.25) is 4.79 Å². The van der Waals surface area contributed by atoms with E-state index in [-0.39, 0.29) is 11.7 Å². The lowest BCUT2D eigenvalue weighted by Crippen LogP contribution is -2.40. The van der Waals surface area contributed by atoms with E-state index in [1.54, 1.807) is 9.47 Å². The third-order valence-corrected chi connectivity index (χ3v) is 2.75. The number of hydrogen-bond donors (Lipinski definition) is 0. The summed E-state index contributed by atoms with van der Waals surface area (Å²) in [6.07, 6.45) is 3.00. The Morgan fingerprint density at radius 2 is 2.22 bits per heavy atom. The minimum absolute atomic E-state index is 0.0367. The van der Waals surface area contributed by atoms with E-state index in [9.17, 15) is 14.9 Å². The maximum absolute atomic E-state index is 11.8. The van der Waals surface area contributed by atoms with E-state index in [2.05, 4.69) is 4.98 Å². The number of carbonyl (C=O) groups is 1. The zero-order valence-corrected chi connectivity index (χ0v) is 9.82. The van der Waals surface area contributed by atoms with Gasteiger partial charge in [0, 0.05) is 26.1 Å². The lowest BCUT2D eigenvalue weighted by atomic mass is 10.3. The first-order valence-electron chi connectivity index (χ1n) is 5.68. The van der Waals surface area contributed by atoms with Crippen molar-refractivity contribution in [1.82, 2.24) is 14.5 Å². The van der Waals surface area contributed by atoms with Crippen LogP contribution >= 0.6 is 0 Å². The average Bonchev–Trinajstić information content (AvgIpc) is 2.86. The molecule has 0 saturated carbocycles. The first-order valence-corrected chi connectivity index (χ1v) is 5.68. The van der Waals surface area contributed by atoms with Crippen LogP contribution in [0.15, 0.2) is 12.5 Å². The van der Waals surface area contributed by atoms with Crippen molar-refractivity contribution < 1.29 is 14.5 Å². The summed E-state index contributed by atoms with van der Waals surface area (Å²) in [7, 11) is 0. The molecule has 1 aliphatic rings. The highest BCUT2D eigenvalue weighted by atomic mass is 16.6. The lowest BCUT2D eigenvalue weighted by Gasteiger charge is -2.26. The number of carbonyl (C=O) groups excluding carboxylic acids is 1. The van der Waals surface area contributed by atoms with Crippen molar-refractivity contribution in [2.45, 2.75) is 13.0 Å². The predicted octanol–water partition coefficient (Wildman–Crippen LogP) is 0.0402. The number of morpholine rings is 1. The number of hydrogen-bond acceptors (Lipinski definition) is 5. The van der Waals surface area contributed by atoms with Crippen LogP contribution in [0.3, 0.4) is 0 Å². The van der Waals surface area contributed by atoms with E-state index < -0.39 is 4.92 Å². The predicted molar refractivity (Wildman–Crippen MR) is 60.9 cm³/mol. The fraction of sp³-hybridized carbons (Fsp3) is 0.600. The quantitative estimate of drug-likeness (QED) is 0.559. The van der Waals surface area contributed by atoms with Crippen molar-refractivity contribution in [2.24, 2.45) is 0 Å². The minimum Gasteiger partial charge on any atom is -0.378 e. The second kappa shape index (κ2) is 5.58. The maximum atomic E-state index is 11.8. The van der Waals surface area contributed by atoms with Gasteiger partial charge in [-0.15, -0.1) is 0 Å². The summed E-state index contributed by atoms with van der Waals surface area (Å²) < 4.78 is 6.71. The van der Waals surface area contributed by atoms with Crippen molar-refractivity contribution >= 4 is 11.7 Å². The van der Waals surface area contributed by atoms with Crippen LogP contribution in [0.5, 0.6) is 0 Å². The van der Waals surface area contributed by atoms with E-state index in [1.165, 1.54) is 12.5 Å². The largest absolute Gasteiger partial charge is 0.381 e. The summed E-state index contributed by atoms with van der Waals surface area (Å²) in [6.45, 7) is 2.77. The van der Waals surface area contributed by atoms with E-state index in [4.69, 9.17) is 4.74 Å². The first-order chi connectivity index (χ1) is 8.66. The number of rotatable bonds is 4. The van der Waals surface area contributed by atoms with E-state index in [1.807, 2.05) is 0 Å². The molecule has 1 saturated heterocycles. The van der Waals surface area contributed by atoms with Crippen molar-refractivity contribution in [1.29, 1.82) is 0 Å². The van der Waals surface area contributed by atoms with Gasteiger partial charge in [0.15, 0.2) is 0 Å². The number of ether oxygens (including phenoxy) is 1. The van der Waals surface area contributed by atoms with Crippen LogP contribution in [0.1, 0.15) is 6.42 Å². The fourth-order valence-corrected chi connectivity index (χ4v) is 1.76. The van der Waals surface area contributed by atoms with Crippen LogP contribution in [-0.2, 0) is 16.1 Å². The summed E-state index contributed by atoms with van der Waals surface area (Å²) in [5.74, 6) is -0.163. The molecule has 1 aliphatic heterocycles. The third-order valence-electron chi connectivity index (χ3n) is 2.75. The summed E-state index contributed by atoms with van der Waals surface area (Å²) >= 11 is 0. The van der Waals surface area contributed by atoms with Crippen LogP contribution in [0, 0.1) is 10.1 Å². The van der Waals surface area contributed by atoms with Crippen LogP contribution in [-0.4, -0.2) is 51.6 Å². The number of aromatic nitrogens is 2. The fourth-order valence-electron chi connectivity index (χ4n) is 1.76. The Balaban J connectivity index is 1.82. The van der Waals surface area contributed by atoms with Crippen LogP contribution < -0.4 is 0 Å². The molecule has 0 aliphatic carbocycles. The van der Waals surface area contributed by atoms with E-state index >= 15 is 0 Å². The van der Waals surface area contributed by atoms with Gasteiger partial charge in [-0.2, -0.15) is 0 Å². The third kappa shape index (κ3) is 3.04. The average molecular weight is 254 g/mol. The number of nitro groups is 1. The normalized spacial score (nSPS) is 15.7. The van der Waals surface area contributed by atoms with Gasteiger partial charge < -0.3 is 24.3 Å². The molecule has 1 aromatic rings. The molecule has 0 unspecified atom stereocenters. The van der Waals surface area contributed by atoms with E-state index in [0.29, 0.717) is 39.3 Å². The van der Waals surface area contributed by atoms with Crippen molar-refractivity contribution in [3.63, 3.8) is 0 Å². The number of amides is 1. The Hall–Kier alpha value is -1.96. The molecular weight excluding hydrogens is 240 g/mol. The molecule has 8 nitrogen and oxygen atoms in total. The minimum atomic E-state index is -0.555. The van der Waals surface area contributed by atoms with Gasteiger partial charge in [0.25, 0.3) is 0 Å². The second-order valence-electron chi connectivity index (χ2n) is 3.97. The molecule has 2 rings (SSSR count). The van der Waals surface area contributed by atoms with Crippen LogP contribution in [0.4, 0.5) is 5.82 Å². The number of aryl methyl sites for hydroxylation is 1. The SMILES string of the molecule is O=C(CCn1cnc([N+](=O)[O-])c1)N1CCOCC1. The smallest absolute Gasteiger partial charge is 0.378 e. The molecule has 0 radical (unpaired) electrons. The standard InChI is InChI=1S/C10H14N4O4/c15-10(13-3-5-18-6-4-13)1-2-12-7-9(11-8-12)14(16)17/h7-8H,1-6H2. The lowest BCUT2D eigenvalue weighted by molar-refractivity contribution is -0.389. The molecule has 1 aromatic heterocycles. The summed E-state index contributed by atoms with van der Waals surface area (Å²) in [5.41, 5.74) is 0. The molecule has 98 valence electrons. The highest BCUT2D eigenvalue weighted by Crippen LogP contribution is 2.07. The number of imidazole rings is 1. The molecule has 0 atom stereocenters. The molecule has 0 aromatic carbocycles. The molecule has 18 heavy (non-hydrogen) atoms.